The molecule has 7 heteroatoms. The van der Waals surface area contributed by atoms with E-state index < -0.39 is 30.2 Å². The van der Waals surface area contributed by atoms with E-state index in [1.807, 2.05) is 0 Å². The van der Waals surface area contributed by atoms with E-state index >= 15 is 0 Å². The molecule has 2 rings (SSSR count). The maximum Gasteiger partial charge on any atom is 0.397 e. The van der Waals surface area contributed by atoms with Crippen LogP contribution in [0.25, 0.3) is 0 Å². The molecular formula is C19H20F3NO3. The fraction of sp³-hybridized carbons (Fsp3) is 0.316. The van der Waals surface area contributed by atoms with E-state index in [9.17, 15) is 23.1 Å². The van der Waals surface area contributed by atoms with E-state index in [0.717, 1.165) is 0 Å². The first-order valence-corrected chi connectivity index (χ1v) is 8.12. The number of aliphatic hydroxyl groups excluding tert-OH is 1. The number of halogens is 3. The van der Waals surface area contributed by atoms with Crippen molar-refractivity contribution in [3.63, 3.8) is 0 Å². The van der Waals surface area contributed by atoms with Crippen molar-refractivity contribution in [2.24, 2.45) is 5.92 Å². The van der Waals surface area contributed by atoms with E-state index in [-0.39, 0.29) is 6.61 Å². The van der Waals surface area contributed by atoms with Crippen LogP contribution < -0.4 is 5.32 Å². The van der Waals surface area contributed by atoms with Gasteiger partial charge in [-0.1, -0.05) is 48.5 Å². The van der Waals surface area contributed by atoms with Crippen molar-refractivity contribution >= 4 is 11.7 Å². The van der Waals surface area contributed by atoms with Crippen LogP contribution in [0, 0.1) is 5.92 Å². The van der Waals surface area contributed by atoms with Gasteiger partial charge in [0.05, 0.1) is 12.6 Å². The van der Waals surface area contributed by atoms with Gasteiger partial charge in [-0.3, -0.25) is 0 Å². The molecule has 2 N–H and O–H groups in total. The molecular weight excluding hydrogens is 347 g/mol. The molecule has 140 valence electrons. The Morgan fingerprint density at radius 3 is 2.12 bits per heavy atom. The number of hydrogen-bond acceptors (Lipinski definition) is 4. The summed E-state index contributed by atoms with van der Waals surface area (Å²) in [4.78, 5) is 11.8. The molecule has 0 aromatic heterocycles. The number of anilines is 1. The van der Waals surface area contributed by atoms with Gasteiger partial charge in [0, 0.05) is 5.69 Å². The maximum absolute atomic E-state index is 13.8. The Labute approximate surface area is 149 Å². The number of carbonyl (C=O) groups excluding carboxylic acids is 1. The lowest BCUT2D eigenvalue weighted by Crippen LogP contribution is -2.45. The summed E-state index contributed by atoms with van der Waals surface area (Å²) in [6.45, 7) is 1.34. The first kappa shape index (κ1) is 19.8. The van der Waals surface area contributed by atoms with Crippen molar-refractivity contribution in [2.75, 3.05) is 11.9 Å². The number of hydrogen-bond donors (Lipinski definition) is 2. The summed E-state index contributed by atoms with van der Waals surface area (Å²) in [5.41, 5.74) is 0.730. The second kappa shape index (κ2) is 8.71. The number of para-hydroxylation sites is 1. The van der Waals surface area contributed by atoms with E-state index in [1.165, 1.54) is 19.1 Å². The summed E-state index contributed by atoms with van der Waals surface area (Å²) in [7, 11) is 0. The quantitative estimate of drug-likeness (QED) is 0.728. The molecule has 0 radical (unpaired) electrons. The summed E-state index contributed by atoms with van der Waals surface area (Å²) in [5, 5.41) is 12.9. The smallest absolute Gasteiger partial charge is 0.397 e. The number of nitrogens with one attached hydrogen (secondary N) is 1. The number of benzene rings is 2. The number of carbonyl (C=O) groups is 1. The molecule has 0 heterocycles. The molecule has 0 aliphatic rings. The van der Waals surface area contributed by atoms with Crippen LogP contribution in [-0.4, -0.2) is 30.0 Å². The Hall–Kier alpha value is -2.54. The van der Waals surface area contributed by atoms with Crippen LogP contribution >= 0.6 is 0 Å². The molecule has 0 unspecified atom stereocenters. The normalized spacial score (nSPS) is 15.0. The average molecular weight is 367 g/mol. The molecule has 2 aromatic carbocycles. The second-order valence-electron chi connectivity index (χ2n) is 5.66. The molecule has 0 amide bonds. The largest absolute Gasteiger partial charge is 0.464 e. The zero-order chi connectivity index (χ0) is 19.2. The zero-order valence-corrected chi connectivity index (χ0v) is 14.1. The fourth-order valence-electron chi connectivity index (χ4n) is 2.68. The van der Waals surface area contributed by atoms with Gasteiger partial charge in [0.25, 0.3) is 0 Å². The maximum atomic E-state index is 13.8. The first-order valence-electron chi connectivity index (χ1n) is 8.12. The van der Waals surface area contributed by atoms with Gasteiger partial charge in [0.15, 0.2) is 6.10 Å². The number of esters is 1. The molecule has 0 fully saturated rings. The number of rotatable bonds is 7. The highest BCUT2D eigenvalue weighted by atomic mass is 19.4. The highest BCUT2D eigenvalue weighted by Crippen LogP contribution is 2.40. The Morgan fingerprint density at radius 1 is 1.08 bits per heavy atom. The Balaban J connectivity index is 2.46. The highest BCUT2D eigenvalue weighted by molar-refractivity contribution is 5.75. The van der Waals surface area contributed by atoms with Crippen molar-refractivity contribution in [3.05, 3.63) is 66.2 Å². The third-order valence-electron chi connectivity index (χ3n) is 3.86. The minimum Gasteiger partial charge on any atom is -0.464 e. The topological polar surface area (TPSA) is 58.6 Å². The molecule has 0 spiro atoms. The molecule has 4 nitrogen and oxygen atoms in total. The monoisotopic (exact) mass is 367 g/mol. The van der Waals surface area contributed by atoms with Crippen LogP contribution in [0.1, 0.15) is 18.5 Å². The van der Waals surface area contributed by atoms with Crippen molar-refractivity contribution in [1.29, 1.82) is 0 Å². The predicted octanol–water partition coefficient (Wildman–Crippen LogP) is 3.94. The Bertz CT molecular complexity index is 692. The predicted molar refractivity (Wildman–Crippen MR) is 91.4 cm³/mol. The Kier molecular flexibility index (Phi) is 6.63. The minimum absolute atomic E-state index is 0.122. The van der Waals surface area contributed by atoms with Crippen LogP contribution in [0.3, 0.4) is 0 Å². The minimum atomic E-state index is -4.84. The van der Waals surface area contributed by atoms with E-state index in [0.29, 0.717) is 11.3 Å². The van der Waals surface area contributed by atoms with Crippen molar-refractivity contribution in [3.8, 4) is 0 Å². The zero-order valence-electron chi connectivity index (χ0n) is 14.1. The number of ether oxygens (including phenoxy) is 1. The lowest BCUT2D eigenvalue weighted by atomic mass is 9.87. The van der Waals surface area contributed by atoms with Crippen molar-refractivity contribution in [2.45, 2.75) is 25.2 Å². The van der Waals surface area contributed by atoms with Crippen LogP contribution in [-0.2, 0) is 9.53 Å². The van der Waals surface area contributed by atoms with Crippen LogP contribution in [0.5, 0.6) is 0 Å². The Morgan fingerprint density at radius 2 is 1.62 bits per heavy atom. The summed E-state index contributed by atoms with van der Waals surface area (Å²) < 4.78 is 46.0. The van der Waals surface area contributed by atoms with Gasteiger partial charge in [-0.05, 0) is 24.6 Å². The average Bonchev–Trinajstić information content (AvgIpc) is 2.61. The number of alkyl halides is 3. The molecule has 0 saturated carbocycles. The van der Waals surface area contributed by atoms with E-state index in [4.69, 9.17) is 0 Å². The van der Waals surface area contributed by atoms with Gasteiger partial charge in [0.1, 0.15) is 5.92 Å². The van der Waals surface area contributed by atoms with Gasteiger partial charge in [0.2, 0.25) is 0 Å². The number of aliphatic hydroxyl groups is 1. The summed E-state index contributed by atoms with van der Waals surface area (Å²) in [5.74, 6) is -3.69. The van der Waals surface area contributed by atoms with Gasteiger partial charge in [-0.25, -0.2) is 4.79 Å². The van der Waals surface area contributed by atoms with Gasteiger partial charge in [-0.2, -0.15) is 13.2 Å². The van der Waals surface area contributed by atoms with Crippen LogP contribution in [0.2, 0.25) is 0 Å². The van der Waals surface area contributed by atoms with Crippen LogP contribution in [0.4, 0.5) is 18.9 Å². The second-order valence-corrected chi connectivity index (χ2v) is 5.66. The summed E-state index contributed by atoms with van der Waals surface area (Å²) in [6, 6.07) is 14.8. The lowest BCUT2D eigenvalue weighted by molar-refractivity contribution is -0.213. The van der Waals surface area contributed by atoms with E-state index in [1.54, 1.807) is 48.5 Å². The molecule has 0 aliphatic heterocycles. The molecule has 3 atom stereocenters. The van der Waals surface area contributed by atoms with Gasteiger partial charge in [-0.15, -0.1) is 0 Å². The molecule has 0 aliphatic carbocycles. The lowest BCUT2D eigenvalue weighted by Gasteiger charge is -2.33. The molecule has 0 bridgehead atoms. The third-order valence-corrected chi connectivity index (χ3v) is 3.86. The van der Waals surface area contributed by atoms with Gasteiger partial charge >= 0.3 is 12.1 Å². The van der Waals surface area contributed by atoms with E-state index in [2.05, 4.69) is 10.1 Å². The summed E-state index contributed by atoms with van der Waals surface area (Å²) >= 11 is 0. The van der Waals surface area contributed by atoms with Gasteiger partial charge < -0.3 is 15.2 Å². The molecule has 0 saturated heterocycles. The molecule has 2 aromatic rings. The summed E-state index contributed by atoms with van der Waals surface area (Å²) in [6.07, 6.45) is -7.19. The van der Waals surface area contributed by atoms with Crippen molar-refractivity contribution in [1.82, 2.24) is 0 Å². The third kappa shape index (κ3) is 4.98. The van der Waals surface area contributed by atoms with Crippen LogP contribution in [0.15, 0.2) is 60.7 Å². The molecule has 26 heavy (non-hydrogen) atoms. The highest BCUT2D eigenvalue weighted by Gasteiger charge is 2.52. The fourth-order valence-corrected chi connectivity index (χ4v) is 2.68. The SMILES string of the molecule is CCOC(=O)[C@H](O)[C@@H]([C@H](Nc1ccccc1)c1ccccc1)C(F)(F)F. The first-order chi connectivity index (χ1) is 12.3. The van der Waals surface area contributed by atoms with Crippen molar-refractivity contribution < 1.29 is 27.8 Å². The standard InChI is InChI=1S/C19H20F3NO3/c1-2-26-18(25)17(24)15(19(20,21)22)16(13-9-5-3-6-10-13)23-14-11-7-4-8-12-14/h3-12,15-17,23-24H,2H2,1H3/t15-,16-,17-/m1/s1.